The summed E-state index contributed by atoms with van der Waals surface area (Å²) in [7, 11) is -7.80. The van der Waals surface area contributed by atoms with Gasteiger partial charge in [-0.15, -0.1) is 0 Å². The molecule has 2 aromatic rings. The molecule has 0 spiro atoms. The Labute approximate surface area is 126 Å². The Kier molecular flexibility index (Phi) is 4.28. The summed E-state index contributed by atoms with van der Waals surface area (Å²) in [5.41, 5.74) is 0.0370. The van der Waals surface area contributed by atoms with Gasteiger partial charge < -0.3 is 4.42 Å². The Morgan fingerprint density at radius 1 is 1.19 bits per heavy atom. The molecule has 2 rings (SSSR count). The van der Waals surface area contributed by atoms with Crippen molar-refractivity contribution in [1.82, 2.24) is 0 Å². The number of hydrogen-bond acceptors (Lipinski definition) is 5. The van der Waals surface area contributed by atoms with Gasteiger partial charge in [0.1, 0.15) is 16.4 Å². The molecule has 10 heteroatoms. The fourth-order valence-corrected chi connectivity index (χ4v) is 3.75. The van der Waals surface area contributed by atoms with Gasteiger partial charge in [-0.05, 0) is 30.3 Å². The van der Waals surface area contributed by atoms with E-state index in [2.05, 4.69) is 4.72 Å². The summed E-state index contributed by atoms with van der Waals surface area (Å²) in [5.74, 6) is -0.129. The average molecular weight is 351 g/mol. The van der Waals surface area contributed by atoms with Crippen molar-refractivity contribution in [1.29, 1.82) is 0 Å². The van der Waals surface area contributed by atoms with Gasteiger partial charge in [0.15, 0.2) is 0 Å². The lowest BCUT2D eigenvalue weighted by Crippen LogP contribution is -2.16. The SMILES string of the molecule is NS(=O)(=O)c1cc(NS(=O)(=O)Cc2ccco2)ccc1Cl. The molecule has 3 N–H and O–H groups in total. The minimum atomic E-state index is -4.05. The van der Waals surface area contributed by atoms with Crippen LogP contribution in [0.2, 0.25) is 5.02 Å². The lowest BCUT2D eigenvalue weighted by molar-refractivity contribution is 0.521. The fraction of sp³-hybridized carbons (Fsp3) is 0.0909. The first-order chi connectivity index (χ1) is 9.67. The van der Waals surface area contributed by atoms with Crippen molar-refractivity contribution >= 4 is 37.3 Å². The summed E-state index contributed by atoms with van der Waals surface area (Å²) < 4.78 is 53.7. The van der Waals surface area contributed by atoms with Crippen LogP contribution in [-0.4, -0.2) is 16.8 Å². The monoisotopic (exact) mass is 350 g/mol. The Morgan fingerprint density at radius 3 is 2.48 bits per heavy atom. The zero-order valence-electron chi connectivity index (χ0n) is 10.5. The molecule has 21 heavy (non-hydrogen) atoms. The summed E-state index contributed by atoms with van der Waals surface area (Å²) in [6, 6.07) is 6.70. The minimum absolute atomic E-state index is 0.0370. The van der Waals surface area contributed by atoms with Gasteiger partial charge in [-0.25, -0.2) is 22.0 Å². The maximum Gasteiger partial charge on any atom is 0.240 e. The zero-order chi connectivity index (χ0) is 15.7. The predicted octanol–water partition coefficient (Wildman–Crippen LogP) is 1.52. The lowest BCUT2D eigenvalue weighted by atomic mass is 10.3. The predicted molar refractivity (Wildman–Crippen MR) is 77.8 cm³/mol. The quantitative estimate of drug-likeness (QED) is 0.847. The van der Waals surface area contributed by atoms with Crippen LogP contribution in [0.15, 0.2) is 45.9 Å². The van der Waals surface area contributed by atoms with Gasteiger partial charge >= 0.3 is 0 Å². The molecule has 1 aromatic heterocycles. The average Bonchev–Trinajstić information content (AvgIpc) is 2.81. The highest BCUT2D eigenvalue weighted by atomic mass is 35.5. The first kappa shape index (κ1) is 15.8. The Bertz CT molecular complexity index is 845. The number of halogens is 1. The zero-order valence-corrected chi connectivity index (χ0v) is 12.9. The Hall–Kier alpha value is -1.55. The summed E-state index contributed by atoms with van der Waals surface area (Å²) in [6.07, 6.45) is 1.35. The smallest absolute Gasteiger partial charge is 0.240 e. The highest BCUT2D eigenvalue weighted by molar-refractivity contribution is 7.92. The highest BCUT2D eigenvalue weighted by Crippen LogP contribution is 2.25. The van der Waals surface area contributed by atoms with E-state index in [1.54, 1.807) is 6.07 Å². The molecule has 0 aliphatic heterocycles. The molecule has 0 amide bonds. The van der Waals surface area contributed by atoms with Crippen LogP contribution in [-0.2, 0) is 25.8 Å². The molecule has 0 aliphatic rings. The molecule has 0 bridgehead atoms. The van der Waals surface area contributed by atoms with E-state index in [1.165, 1.54) is 24.5 Å². The fourth-order valence-electron chi connectivity index (χ4n) is 1.58. The number of primary sulfonamides is 1. The van der Waals surface area contributed by atoms with Crippen molar-refractivity contribution < 1.29 is 21.3 Å². The van der Waals surface area contributed by atoms with Gasteiger partial charge in [0.05, 0.1) is 11.3 Å². The van der Waals surface area contributed by atoms with E-state index in [1.807, 2.05) is 0 Å². The lowest BCUT2D eigenvalue weighted by Gasteiger charge is -2.09. The van der Waals surface area contributed by atoms with Crippen molar-refractivity contribution in [3.8, 4) is 0 Å². The second kappa shape index (κ2) is 5.68. The largest absolute Gasteiger partial charge is 0.468 e. The van der Waals surface area contributed by atoms with Crippen LogP contribution in [0.3, 0.4) is 0 Å². The molecule has 1 aromatic carbocycles. The van der Waals surface area contributed by atoms with E-state index in [-0.39, 0.29) is 27.1 Å². The number of hydrogen-bond donors (Lipinski definition) is 2. The van der Waals surface area contributed by atoms with E-state index >= 15 is 0 Å². The van der Waals surface area contributed by atoms with Crippen LogP contribution in [0, 0.1) is 0 Å². The molecule has 1 heterocycles. The van der Waals surface area contributed by atoms with Crippen molar-refractivity contribution in [2.45, 2.75) is 10.6 Å². The molecule has 0 saturated carbocycles. The third-order valence-corrected chi connectivity index (χ3v) is 5.03. The topological polar surface area (TPSA) is 119 Å². The summed E-state index contributed by atoms with van der Waals surface area (Å²) in [5, 5.41) is 4.90. The van der Waals surface area contributed by atoms with Crippen LogP contribution in [0.5, 0.6) is 0 Å². The van der Waals surface area contributed by atoms with Crippen LogP contribution in [0.4, 0.5) is 5.69 Å². The molecule has 0 unspecified atom stereocenters. The number of benzene rings is 1. The van der Waals surface area contributed by atoms with E-state index in [0.717, 1.165) is 6.07 Å². The second-order valence-electron chi connectivity index (χ2n) is 4.13. The standard InChI is InChI=1S/C11H11ClN2O5S2/c12-10-4-3-8(6-11(10)21(13,17)18)14-20(15,16)7-9-2-1-5-19-9/h1-6,14H,7H2,(H2,13,17,18). The van der Waals surface area contributed by atoms with Crippen LogP contribution < -0.4 is 9.86 Å². The molecule has 0 atom stereocenters. The van der Waals surface area contributed by atoms with Gasteiger partial charge in [0.2, 0.25) is 20.0 Å². The van der Waals surface area contributed by atoms with Crippen LogP contribution in [0.25, 0.3) is 0 Å². The first-order valence-corrected chi connectivity index (χ1v) is 9.10. The highest BCUT2D eigenvalue weighted by Gasteiger charge is 2.17. The molecule has 114 valence electrons. The molecule has 0 saturated heterocycles. The summed E-state index contributed by atoms with van der Waals surface area (Å²) in [6.45, 7) is 0. The van der Waals surface area contributed by atoms with Gasteiger partial charge in [-0.1, -0.05) is 11.6 Å². The number of furan rings is 1. The van der Waals surface area contributed by atoms with Crippen molar-refractivity contribution in [2.24, 2.45) is 5.14 Å². The van der Waals surface area contributed by atoms with Crippen LogP contribution >= 0.6 is 11.6 Å². The van der Waals surface area contributed by atoms with Crippen molar-refractivity contribution in [3.05, 3.63) is 47.4 Å². The van der Waals surface area contributed by atoms with Gasteiger partial charge in [-0.3, -0.25) is 4.72 Å². The van der Waals surface area contributed by atoms with E-state index in [9.17, 15) is 16.8 Å². The molecule has 0 radical (unpaired) electrons. The molecular formula is C11H11ClN2O5S2. The minimum Gasteiger partial charge on any atom is -0.468 e. The number of sulfonamides is 2. The van der Waals surface area contributed by atoms with Crippen molar-refractivity contribution in [2.75, 3.05) is 4.72 Å². The van der Waals surface area contributed by atoms with E-state index < -0.39 is 20.0 Å². The van der Waals surface area contributed by atoms with Crippen molar-refractivity contribution in [3.63, 3.8) is 0 Å². The number of anilines is 1. The van der Waals surface area contributed by atoms with Gasteiger partial charge in [0, 0.05) is 5.69 Å². The molecule has 0 fully saturated rings. The van der Waals surface area contributed by atoms with Gasteiger partial charge in [-0.2, -0.15) is 0 Å². The maximum absolute atomic E-state index is 11.9. The number of nitrogens with one attached hydrogen (secondary N) is 1. The number of rotatable bonds is 5. The maximum atomic E-state index is 11.9. The van der Waals surface area contributed by atoms with Crippen LogP contribution in [0.1, 0.15) is 5.76 Å². The summed E-state index contributed by atoms with van der Waals surface area (Å²) in [4.78, 5) is -0.359. The molecule has 7 nitrogen and oxygen atoms in total. The van der Waals surface area contributed by atoms with Gasteiger partial charge in [0.25, 0.3) is 0 Å². The molecular weight excluding hydrogens is 340 g/mol. The van der Waals surface area contributed by atoms with E-state index in [0.29, 0.717) is 0 Å². The third-order valence-electron chi connectivity index (χ3n) is 2.42. The first-order valence-electron chi connectivity index (χ1n) is 5.53. The normalized spacial score (nSPS) is 12.3. The summed E-state index contributed by atoms with van der Waals surface area (Å²) >= 11 is 5.72. The van der Waals surface area contributed by atoms with E-state index in [4.69, 9.17) is 21.2 Å². The Morgan fingerprint density at radius 2 is 1.90 bits per heavy atom. The number of nitrogens with two attached hydrogens (primary N) is 1. The second-order valence-corrected chi connectivity index (χ2v) is 7.79. The molecule has 0 aliphatic carbocycles. The third kappa shape index (κ3) is 4.21. The Balaban J connectivity index is 2.28.